The molecule has 0 saturated heterocycles. The molecule has 250 valence electrons. The zero-order valence-electron chi connectivity index (χ0n) is 26.3. The van der Waals surface area contributed by atoms with Gasteiger partial charge in [-0.3, -0.25) is 0 Å². The summed E-state index contributed by atoms with van der Waals surface area (Å²) in [5, 5.41) is 1.56. The third-order valence-corrected chi connectivity index (χ3v) is 10.5. The van der Waals surface area contributed by atoms with E-state index in [4.69, 9.17) is 55.3 Å². The fraction of sp³-hybridized carbons (Fsp3) is 0.429. The summed E-state index contributed by atoms with van der Waals surface area (Å²) in [6, 6.07) is 19.0. The van der Waals surface area contributed by atoms with Crippen molar-refractivity contribution in [3.63, 3.8) is 0 Å². The van der Waals surface area contributed by atoms with Crippen LogP contribution in [0.1, 0.15) is 81.1 Å². The third-order valence-electron chi connectivity index (χ3n) is 7.93. The monoisotopic (exact) mass is 726 g/mol. The van der Waals surface area contributed by atoms with Crippen molar-refractivity contribution in [2.24, 2.45) is 0 Å². The minimum absolute atomic E-state index is 0.0750. The van der Waals surface area contributed by atoms with Crippen molar-refractivity contribution < 1.29 is 17.3 Å². The molecule has 0 aromatic heterocycles. The van der Waals surface area contributed by atoms with Crippen molar-refractivity contribution in [2.45, 2.75) is 94.7 Å². The van der Waals surface area contributed by atoms with E-state index in [0.29, 0.717) is 21.6 Å². The average molecular weight is 729 g/mol. The predicted octanol–water partition coefficient (Wildman–Crippen LogP) is 10.7. The van der Waals surface area contributed by atoms with Crippen LogP contribution in [0.2, 0.25) is 15.1 Å². The number of rotatable bonds is 18. The topological polar surface area (TPSA) is 59.1 Å². The van der Waals surface area contributed by atoms with E-state index in [1.807, 2.05) is 30.2 Å². The number of alkyl halides is 1. The molecule has 6 nitrogen and oxygen atoms in total. The molecule has 1 heterocycles. The van der Waals surface area contributed by atoms with Gasteiger partial charge >= 0.3 is 0 Å². The lowest BCUT2D eigenvalue weighted by Gasteiger charge is -2.37. The number of hydrogen-bond acceptors (Lipinski definition) is 6. The lowest BCUT2D eigenvalue weighted by molar-refractivity contribution is -0.0668. The summed E-state index contributed by atoms with van der Waals surface area (Å²) in [7, 11) is -4.14. The average Bonchev–Trinajstić information content (AvgIpc) is 3.41. The number of nitrogens with zero attached hydrogens (tertiary/aromatic N) is 2. The Kier molecular flexibility index (Phi) is 14.4. The Morgan fingerprint density at radius 1 is 0.804 bits per heavy atom. The van der Waals surface area contributed by atoms with E-state index in [1.165, 1.54) is 32.1 Å². The highest BCUT2D eigenvalue weighted by Gasteiger charge is 2.39. The van der Waals surface area contributed by atoms with Gasteiger partial charge < -0.3 is 14.5 Å². The molecular weight excluding hydrogens is 686 g/mol. The highest BCUT2D eigenvalue weighted by atomic mass is 35.5. The Labute approximate surface area is 294 Å². The first-order chi connectivity index (χ1) is 22.1. The van der Waals surface area contributed by atoms with Crippen molar-refractivity contribution in [1.29, 1.82) is 0 Å². The zero-order chi connectivity index (χ0) is 33.1. The van der Waals surface area contributed by atoms with Crippen LogP contribution in [-0.2, 0) is 25.6 Å². The van der Waals surface area contributed by atoms with Crippen molar-refractivity contribution in [1.82, 2.24) is 9.80 Å². The zero-order valence-corrected chi connectivity index (χ0v) is 30.1. The van der Waals surface area contributed by atoms with Crippen molar-refractivity contribution in [3.05, 3.63) is 111 Å². The number of hydrogen-bond donors (Lipinski definition) is 0. The molecule has 3 aromatic rings. The van der Waals surface area contributed by atoms with Gasteiger partial charge in [0.15, 0.2) is 0 Å². The lowest BCUT2D eigenvalue weighted by atomic mass is 10.1. The Morgan fingerprint density at radius 2 is 1.43 bits per heavy atom. The Balaban J connectivity index is 1.55. The maximum absolute atomic E-state index is 13.5. The fourth-order valence-electron chi connectivity index (χ4n) is 5.24. The molecule has 4 rings (SSSR count). The molecule has 1 aliphatic rings. The molecule has 0 aliphatic carbocycles. The quantitative estimate of drug-likeness (QED) is 0.0563. The Hall–Kier alpha value is -1.97. The number of halogens is 4. The van der Waals surface area contributed by atoms with Crippen LogP contribution in [0, 0.1) is 6.92 Å². The summed E-state index contributed by atoms with van der Waals surface area (Å²) >= 11 is 26.0. The summed E-state index contributed by atoms with van der Waals surface area (Å²) < 4.78 is 39.5. The van der Waals surface area contributed by atoms with Crippen LogP contribution in [0.25, 0.3) is 0 Å². The predicted molar refractivity (Wildman–Crippen MR) is 189 cm³/mol. The van der Waals surface area contributed by atoms with Gasteiger partial charge in [-0.15, -0.1) is 0 Å². The third kappa shape index (κ3) is 10.5. The van der Waals surface area contributed by atoms with Crippen LogP contribution in [0.4, 0.5) is 0 Å². The molecule has 0 N–H and O–H groups in total. The van der Waals surface area contributed by atoms with Gasteiger partial charge in [0.1, 0.15) is 11.6 Å². The molecule has 1 aliphatic heterocycles. The van der Waals surface area contributed by atoms with E-state index in [9.17, 15) is 8.42 Å². The van der Waals surface area contributed by atoms with E-state index >= 15 is 0 Å². The van der Waals surface area contributed by atoms with Crippen LogP contribution in [0.3, 0.4) is 0 Å². The smallest absolute Gasteiger partial charge is 0.300 e. The highest BCUT2D eigenvalue weighted by Crippen LogP contribution is 2.36. The van der Waals surface area contributed by atoms with Crippen LogP contribution in [0.15, 0.2) is 84.0 Å². The molecule has 3 aromatic carbocycles. The highest BCUT2D eigenvalue weighted by molar-refractivity contribution is 7.86. The molecule has 3 atom stereocenters. The van der Waals surface area contributed by atoms with E-state index in [2.05, 4.69) is 6.92 Å². The van der Waals surface area contributed by atoms with E-state index in [1.54, 1.807) is 65.7 Å². The fourth-order valence-corrected chi connectivity index (χ4v) is 7.22. The van der Waals surface area contributed by atoms with E-state index in [-0.39, 0.29) is 11.5 Å². The summed E-state index contributed by atoms with van der Waals surface area (Å²) in [5.74, 6) is 0. The lowest BCUT2D eigenvalue weighted by Crippen LogP contribution is -2.47. The largest absolute Gasteiger partial charge is 0.365 e. The standard InChI is InChI=1S/C35H42Cl4N2O4S/c1-3-4-5-6-7-8-9-10-21-40-22-23-41(35(40)45-46(42,43)31-19-11-26(2)12-20-31)34(39)33(27-13-16-29(36)17-14-27)44-25-28-15-18-30(37)24-32(28)38/h11-20,22-24,33-35H,3-10,21,25H2,1-2H3. The summed E-state index contributed by atoms with van der Waals surface area (Å²) in [6.45, 7) is 4.86. The van der Waals surface area contributed by atoms with Crippen molar-refractivity contribution >= 4 is 56.5 Å². The molecule has 0 fully saturated rings. The molecule has 0 saturated carbocycles. The molecule has 0 bridgehead atoms. The summed E-state index contributed by atoms with van der Waals surface area (Å²) in [6.07, 6.45) is 11.1. The van der Waals surface area contributed by atoms with Crippen LogP contribution in [-0.4, -0.2) is 36.6 Å². The number of unbranched alkanes of at least 4 members (excludes halogenated alkanes) is 7. The Bertz CT molecular complexity index is 1520. The van der Waals surface area contributed by atoms with Gasteiger partial charge in [0.25, 0.3) is 10.1 Å². The molecule has 3 unspecified atom stereocenters. The first kappa shape index (κ1) is 36.9. The second-order valence-corrected chi connectivity index (χ2v) is 14.8. The molecule has 0 radical (unpaired) electrons. The van der Waals surface area contributed by atoms with Gasteiger partial charge in [-0.05, 0) is 60.9 Å². The maximum Gasteiger partial charge on any atom is 0.300 e. The normalized spacial score (nSPS) is 16.3. The van der Waals surface area contributed by atoms with Crippen molar-refractivity contribution in [3.8, 4) is 0 Å². The van der Waals surface area contributed by atoms with Gasteiger partial charge in [0.05, 0.1) is 11.5 Å². The van der Waals surface area contributed by atoms with Gasteiger partial charge in [-0.25, -0.2) is 4.18 Å². The molecule has 11 heteroatoms. The summed E-state index contributed by atoms with van der Waals surface area (Å²) in [4.78, 5) is 3.64. The van der Waals surface area contributed by atoms with Crippen LogP contribution < -0.4 is 0 Å². The summed E-state index contributed by atoms with van der Waals surface area (Å²) in [5.41, 5.74) is 1.57. The van der Waals surface area contributed by atoms with Gasteiger partial charge in [0, 0.05) is 34.0 Å². The minimum atomic E-state index is -4.14. The van der Waals surface area contributed by atoms with Crippen LogP contribution >= 0.6 is 46.4 Å². The second-order valence-electron chi connectivity index (χ2n) is 11.5. The van der Waals surface area contributed by atoms with E-state index in [0.717, 1.165) is 36.0 Å². The van der Waals surface area contributed by atoms with Gasteiger partial charge in [-0.2, -0.15) is 8.42 Å². The number of ether oxygens (including phenoxy) is 1. The van der Waals surface area contributed by atoms with Crippen LogP contribution in [0.5, 0.6) is 0 Å². The second kappa shape index (κ2) is 18.0. The Morgan fingerprint density at radius 3 is 2.09 bits per heavy atom. The molecular formula is C35H42Cl4N2O4S. The van der Waals surface area contributed by atoms with Crippen molar-refractivity contribution in [2.75, 3.05) is 6.54 Å². The molecule has 46 heavy (non-hydrogen) atoms. The molecule has 0 amide bonds. The van der Waals surface area contributed by atoms with Gasteiger partial charge in [-0.1, -0.05) is 134 Å². The van der Waals surface area contributed by atoms with E-state index < -0.39 is 28.1 Å². The number of aryl methyl sites for hydroxylation is 1. The SMILES string of the molecule is CCCCCCCCCCN1C=CN(C(Cl)C(OCc2ccc(Cl)cc2Cl)c2ccc(Cl)cc2)C1OS(=O)(=O)c1ccc(C)cc1. The maximum atomic E-state index is 13.5. The number of benzene rings is 3. The van der Waals surface area contributed by atoms with Gasteiger partial charge in [0.2, 0.25) is 6.35 Å². The first-order valence-electron chi connectivity index (χ1n) is 15.8. The molecule has 0 spiro atoms. The first-order valence-corrected chi connectivity index (χ1v) is 18.7. The minimum Gasteiger partial charge on any atom is -0.365 e.